The van der Waals surface area contributed by atoms with E-state index in [9.17, 15) is 13.2 Å². The zero-order valence-electron chi connectivity index (χ0n) is 9.65. The Hall–Kier alpha value is -1.08. The van der Waals surface area contributed by atoms with E-state index in [0.717, 1.165) is 0 Å². The smallest absolute Gasteiger partial charge is 0.360 e. The Bertz CT molecular complexity index is 521. The lowest BCUT2D eigenvalue weighted by Crippen LogP contribution is -2.13. The number of nitrogens with one attached hydrogen (secondary N) is 1. The van der Waals surface area contributed by atoms with Gasteiger partial charge in [0, 0.05) is 10.7 Å². The number of esters is 1. The van der Waals surface area contributed by atoms with Crippen molar-refractivity contribution in [1.82, 2.24) is 10.2 Å². The van der Waals surface area contributed by atoms with Gasteiger partial charge in [-0.2, -0.15) is 5.10 Å². The van der Waals surface area contributed by atoms with E-state index < -0.39 is 15.0 Å². The van der Waals surface area contributed by atoms with E-state index in [1.165, 1.54) is 6.92 Å². The molecule has 0 aliphatic rings. The second-order valence-electron chi connectivity index (χ2n) is 3.96. The SMILES string of the molecule is Cc1[nH]nc(C(=O)OCC(C)C)c1S(=O)(=O)Cl. The molecule has 0 saturated heterocycles. The van der Waals surface area contributed by atoms with Gasteiger partial charge in [-0.05, 0) is 12.8 Å². The Morgan fingerprint density at radius 1 is 1.53 bits per heavy atom. The lowest BCUT2D eigenvalue weighted by molar-refractivity contribution is 0.0447. The van der Waals surface area contributed by atoms with E-state index in [4.69, 9.17) is 15.4 Å². The van der Waals surface area contributed by atoms with Gasteiger partial charge in [-0.1, -0.05) is 13.8 Å². The predicted molar refractivity (Wildman–Crippen MR) is 61.5 cm³/mol. The van der Waals surface area contributed by atoms with Crippen molar-refractivity contribution in [3.8, 4) is 0 Å². The van der Waals surface area contributed by atoms with Crippen LogP contribution in [0.4, 0.5) is 0 Å². The summed E-state index contributed by atoms with van der Waals surface area (Å²) in [5.41, 5.74) is -0.102. The zero-order chi connectivity index (χ0) is 13.2. The Balaban J connectivity index is 3.04. The average molecular weight is 281 g/mol. The molecule has 0 radical (unpaired) electrons. The van der Waals surface area contributed by atoms with Crippen LogP contribution < -0.4 is 0 Å². The Morgan fingerprint density at radius 3 is 2.59 bits per heavy atom. The monoisotopic (exact) mass is 280 g/mol. The molecule has 0 atom stereocenters. The first kappa shape index (κ1) is 14.0. The van der Waals surface area contributed by atoms with Crippen LogP contribution in [-0.4, -0.2) is 31.2 Å². The number of carbonyl (C=O) groups is 1. The molecule has 0 fully saturated rings. The van der Waals surface area contributed by atoms with Crippen LogP contribution in [0.15, 0.2) is 4.90 Å². The molecule has 0 spiro atoms. The van der Waals surface area contributed by atoms with Crippen LogP contribution in [0.5, 0.6) is 0 Å². The lowest BCUT2D eigenvalue weighted by atomic mass is 10.2. The maximum absolute atomic E-state index is 11.6. The standard InChI is InChI=1S/C9H13ClN2O4S/c1-5(2)4-16-9(13)7-8(17(10,14)15)6(3)11-12-7/h5H,4H2,1-3H3,(H,11,12). The molecule has 0 unspecified atom stereocenters. The summed E-state index contributed by atoms with van der Waals surface area (Å²) < 4.78 is 27.4. The number of rotatable bonds is 4. The number of aromatic nitrogens is 2. The number of carbonyl (C=O) groups excluding carboxylic acids is 1. The Morgan fingerprint density at radius 2 is 2.12 bits per heavy atom. The summed E-state index contributed by atoms with van der Waals surface area (Å²) in [6.07, 6.45) is 0. The first-order valence-corrected chi connectivity index (χ1v) is 7.21. The molecule has 8 heteroatoms. The largest absolute Gasteiger partial charge is 0.461 e. The molecule has 0 aliphatic carbocycles. The average Bonchev–Trinajstić information content (AvgIpc) is 2.55. The number of H-pyrrole nitrogens is 1. The minimum atomic E-state index is -4.03. The highest BCUT2D eigenvalue weighted by atomic mass is 35.7. The van der Waals surface area contributed by atoms with Crippen LogP contribution in [0, 0.1) is 12.8 Å². The van der Waals surface area contributed by atoms with Gasteiger partial charge in [0.1, 0.15) is 4.90 Å². The zero-order valence-corrected chi connectivity index (χ0v) is 11.2. The predicted octanol–water partition coefficient (Wildman–Crippen LogP) is 1.46. The highest BCUT2D eigenvalue weighted by molar-refractivity contribution is 8.13. The topological polar surface area (TPSA) is 89.1 Å². The van der Waals surface area contributed by atoms with Gasteiger partial charge in [0.15, 0.2) is 5.69 Å². The van der Waals surface area contributed by atoms with Crippen LogP contribution >= 0.6 is 10.7 Å². The fraction of sp³-hybridized carbons (Fsp3) is 0.556. The van der Waals surface area contributed by atoms with Crippen LogP contribution in [0.1, 0.15) is 30.0 Å². The van der Waals surface area contributed by atoms with Crippen molar-refractivity contribution in [3.05, 3.63) is 11.4 Å². The van der Waals surface area contributed by atoms with Crippen molar-refractivity contribution in [2.45, 2.75) is 25.7 Å². The molecule has 1 heterocycles. The van der Waals surface area contributed by atoms with Gasteiger partial charge in [0.25, 0.3) is 9.05 Å². The summed E-state index contributed by atoms with van der Waals surface area (Å²) in [5, 5.41) is 5.99. The maximum Gasteiger partial charge on any atom is 0.360 e. The molecule has 1 aromatic heterocycles. The summed E-state index contributed by atoms with van der Waals surface area (Å²) in [4.78, 5) is 11.3. The lowest BCUT2D eigenvalue weighted by Gasteiger charge is -2.05. The first-order chi connectivity index (χ1) is 7.73. The number of nitrogens with zero attached hydrogens (tertiary/aromatic N) is 1. The number of halogens is 1. The normalized spacial score (nSPS) is 11.8. The molecule has 1 rings (SSSR count). The van der Waals surface area contributed by atoms with Crippen molar-refractivity contribution < 1.29 is 17.9 Å². The number of aryl methyl sites for hydroxylation is 1. The van der Waals surface area contributed by atoms with E-state index >= 15 is 0 Å². The molecule has 17 heavy (non-hydrogen) atoms. The third kappa shape index (κ3) is 3.44. The summed E-state index contributed by atoms with van der Waals surface area (Å²) >= 11 is 0. The quantitative estimate of drug-likeness (QED) is 0.666. The third-order valence-electron chi connectivity index (χ3n) is 1.88. The fourth-order valence-electron chi connectivity index (χ4n) is 1.17. The molecule has 1 aromatic rings. The Labute approximate surface area is 104 Å². The van der Waals surface area contributed by atoms with Crippen molar-refractivity contribution in [2.24, 2.45) is 5.92 Å². The van der Waals surface area contributed by atoms with E-state index in [-0.39, 0.29) is 28.8 Å². The minimum Gasteiger partial charge on any atom is -0.461 e. The molecular formula is C9H13ClN2O4S. The van der Waals surface area contributed by atoms with Crippen LogP contribution in [-0.2, 0) is 13.8 Å². The van der Waals surface area contributed by atoms with Gasteiger partial charge in [-0.15, -0.1) is 0 Å². The minimum absolute atomic E-state index is 0.148. The molecule has 0 amide bonds. The van der Waals surface area contributed by atoms with E-state index in [1.54, 1.807) is 0 Å². The third-order valence-corrected chi connectivity index (χ3v) is 3.33. The van der Waals surface area contributed by atoms with Crippen molar-refractivity contribution in [1.29, 1.82) is 0 Å². The van der Waals surface area contributed by atoms with Gasteiger partial charge in [-0.3, -0.25) is 5.10 Å². The van der Waals surface area contributed by atoms with Gasteiger partial charge in [-0.25, -0.2) is 13.2 Å². The van der Waals surface area contributed by atoms with Gasteiger partial charge >= 0.3 is 5.97 Å². The summed E-state index contributed by atoms with van der Waals surface area (Å²) in [7, 11) is 1.19. The van der Waals surface area contributed by atoms with Crippen molar-refractivity contribution >= 4 is 25.7 Å². The highest BCUT2D eigenvalue weighted by Crippen LogP contribution is 2.22. The number of hydrogen-bond acceptors (Lipinski definition) is 5. The second-order valence-corrected chi connectivity index (χ2v) is 6.46. The molecule has 0 aromatic carbocycles. The maximum atomic E-state index is 11.6. The molecule has 96 valence electrons. The highest BCUT2D eigenvalue weighted by Gasteiger charge is 2.27. The molecule has 0 bridgehead atoms. The van der Waals surface area contributed by atoms with Crippen molar-refractivity contribution in [3.63, 3.8) is 0 Å². The number of hydrogen-bond donors (Lipinski definition) is 1. The second kappa shape index (κ2) is 5.05. The number of aromatic amines is 1. The van der Waals surface area contributed by atoms with Gasteiger partial charge in [0.05, 0.1) is 12.3 Å². The first-order valence-electron chi connectivity index (χ1n) is 4.90. The van der Waals surface area contributed by atoms with E-state index in [1.807, 2.05) is 13.8 Å². The fourth-order valence-corrected chi connectivity index (χ4v) is 2.50. The molecule has 6 nitrogen and oxygen atoms in total. The van der Waals surface area contributed by atoms with Crippen molar-refractivity contribution in [2.75, 3.05) is 6.61 Å². The molecule has 0 saturated carbocycles. The van der Waals surface area contributed by atoms with E-state index in [0.29, 0.717) is 0 Å². The molecule has 1 N–H and O–H groups in total. The number of ether oxygens (including phenoxy) is 1. The van der Waals surface area contributed by atoms with Crippen LogP contribution in [0.3, 0.4) is 0 Å². The summed E-state index contributed by atoms with van der Waals surface area (Å²) in [6.45, 7) is 5.37. The van der Waals surface area contributed by atoms with Gasteiger partial charge < -0.3 is 4.74 Å². The summed E-state index contributed by atoms with van der Waals surface area (Å²) in [5.74, 6) is -0.655. The Kier molecular flexibility index (Phi) is 4.16. The van der Waals surface area contributed by atoms with E-state index in [2.05, 4.69) is 10.2 Å². The summed E-state index contributed by atoms with van der Waals surface area (Å²) in [6, 6.07) is 0. The van der Waals surface area contributed by atoms with Crippen LogP contribution in [0.2, 0.25) is 0 Å². The van der Waals surface area contributed by atoms with Gasteiger partial charge in [0.2, 0.25) is 0 Å². The molecule has 0 aliphatic heterocycles. The molecular weight excluding hydrogens is 268 g/mol. The van der Waals surface area contributed by atoms with Crippen LogP contribution in [0.25, 0.3) is 0 Å².